The van der Waals surface area contributed by atoms with Crippen LogP contribution in [0.4, 0.5) is 0 Å². The largest absolute Gasteiger partial charge is 0.333 e. The number of hydrogen-bond acceptors (Lipinski definition) is 4. The van der Waals surface area contributed by atoms with Crippen LogP contribution < -0.4 is 0 Å². The number of sulfone groups is 1. The average Bonchev–Trinajstić information content (AvgIpc) is 3.17. The number of amides is 1. The van der Waals surface area contributed by atoms with Crippen molar-refractivity contribution in [3.63, 3.8) is 0 Å². The van der Waals surface area contributed by atoms with E-state index < -0.39 is 9.84 Å². The molecule has 4 nitrogen and oxygen atoms in total. The molecule has 0 spiro atoms. The van der Waals surface area contributed by atoms with Crippen LogP contribution in [-0.2, 0) is 27.6 Å². The number of aryl methyl sites for hydroxylation is 2. The topological polar surface area (TPSA) is 54.5 Å². The average molecular weight is 378 g/mol. The summed E-state index contributed by atoms with van der Waals surface area (Å²) in [6, 6.07) is 9.78. The maximum atomic E-state index is 13.0. The molecule has 1 aliphatic rings. The Morgan fingerprint density at radius 1 is 1.24 bits per heavy atom. The van der Waals surface area contributed by atoms with Crippen LogP contribution in [0.1, 0.15) is 28.0 Å². The smallest absolute Gasteiger partial charge is 0.227 e. The molecule has 1 aromatic carbocycles. The number of carbonyl (C=O) groups excluding carboxylic acids is 1. The lowest BCUT2D eigenvalue weighted by atomic mass is 10.0. The number of carbonyl (C=O) groups is 1. The van der Waals surface area contributed by atoms with Crippen LogP contribution in [0.2, 0.25) is 0 Å². The number of hydrogen-bond donors (Lipinski definition) is 0. The summed E-state index contributed by atoms with van der Waals surface area (Å²) in [5.41, 5.74) is 3.34. The maximum Gasteiger partial charge on any atom is 0.227 e. The lowest BCUT2D eigenvalue weighted by molar-refractivity contribution is -0.133. The highest BCUT2D eigenvalue weighted by atomic mass is 32.2. The third-order valence-corrected chi connectivity index (χ3v) is 7.41. The molecular formula is C19H23NO3S2. The molecule has 1 aliphatic heterocycles. The summed E-state index contributed by atoms with van der Waals surface area (Å²) in [5, 5.41) is 1.98. The Bertz CT molecular complexity index is 857. The Morgan fingerprint density at radius 3 is 2.64 bits per heavy atom. The Morgan fingerprint density at radius 2 is 2.04 bits per heavy atom. The highest BCUT2D eigenvalue weighted by molar-refractivity contribution is 7.91. The van der Waals surface area contributed by atoms with Gasteiger partial charge in [0.05, 0.1) is 24.5 Å². The summed E-state index contributed by atoms with van der Waals surface area (Å²) in [4.78, 5) is 15.8. The zero-order valence-corrected chi connectivity index (χ0v) is 16.2. The highest BCUT2D eigenvalue weighted by Crippen LogP contribution is 2.23. The van der Waals surface area contributed by atoms with Crippen molar-refractivity contribution in [2.75, 3.05) is 11.5 Å². The minimum Gasteiger partial charge on any atom is -0.333 e. The van der Waals surface area contributed by atoms with Gasteiger partial charge in [0.1, 0.15) is 0 Å². The zero-order valence-electron chi connectivity index (χ0n) is 14.6. The summed E-state index contributed by atoms with van der Waals surface area (Å²) >= 11 is 1.59. The molecular weight excluding hydrogens is 354 g/mol. The fourth-order valence-corrected chi connectivity index (χ4v) is 5.64. The first-order valence-corrected chi connectivity index (χ1v) is 11.1. The second-order valence-corrected chi connectivity index (χ2v) is 10.0. The Hall–Kier alpha value is -1.66. The second-order valence-electron chi connectivity index (χ2n) is 6.75. The van der Waals surface area contributed by atoms with Crippen molar-refractivity contribution in [2.24, 2.45) is 0 Å². The molecule has 2 aromatic rings. The third kappa shape index (κ3) is 4.50. The van der Waals surface area contributed by atoms with Crippen molar-refractivity contribution < 1.29 is 13.2 Å². The summed E-state index contributed by atoms with van der Waals surface area (Å²) < 4.78 is 23.8. The monoisotopic (exact) mass is 377 g/mol. The van der Waals surface area contributed by atoms with Gasteiger partial charge in [-0.2, -0.15) is 0 Å². The lowest BCUT2D eigenvalue weighted by Crippen LogP contribution is -2.41. The quantitative estimate of drug-likeness (QED) is 0.804. The van der Waals surface area contributed by atoms with Gasteiger partial charge in [0.25, 0.3) is 0 Å². The van der Waals surface area contributed by atoms with E-state index in [0.717, 1.165) is 10.4 Å². The molecule has 0 N–H and O–H groups in total. The van der Waals surface area contributed by atoms with Crippen molar-refractivity contribution in [2.45, 2.75) is 39.3 Å². The summed E-state index contributed by atoms with van der Waals surface area (Å²) in [5.74, 6) is 0.255. The van der Waals surface area contributed by atoms with Crippen molar-refractivity contribution in [3.05, 3.63) is 57.3 Å². The molecule has 0 radical (unpaired) electrons. The van der Waals surface area contributed by atoms with Gasteiger partial charge in [0.2, 0.25) is 5.91 Å². The van der Waals surface area contributed by atoms with Crippen LogP contribution in [0.15, 0.2) is 35.7 Å². The number of nitrogens with zero attached hydrogens (tertiary/aromatic N) is 1. The van der Waals surface area contributed by atoms with Crippen LogP contribution >= 0.6 is 11.3 Å². The van der Waals surface area contributed by atoms with Crippen LogP contribution in [0.3, 0.4) is 0 Å². The minimum atomic E-state index is -3.03. The van der Waals surface area contributed by atoms with Crippen molar-refractivity contribution in [1.29, 1.82) is 0 Å². The van der Waals surface area contributed by atoms with Crippen molar-refractivity contribution >= 4 is 27.1 Å². The van der Waals surface area contributed by atoms with E-state index in [4.69, 9.17) is 0 Å². The second kappa shape index (κ2) is 7.30. The van der Waals surface area contributed by atoms with Gasteiger partial charge in [0, 0.05) is 10.9 Å². The minimum absolute atomic E-state index is 0.00115. The van der Waals surface area contributed by atoms with E-state index in [9.17, 15) is 13.2 Å². The van der Waals surface area contributed by atoms with Gasteiger partial charge >= 0.3 is 0 Å². The Kier molecular flexibility index (Phi) is 5.29. The van der Waals surface area contributed by atoms with Gasteiger partial charge in [0.15, 0.2) is 9.84 Å². The zero-order chi connectivity index (χ0) is 18.0. The van der Waals surface area contributed by atoms with E-state index in [0.29, 0.717) is 19.4 Å². The van der Waals surface area contributed by atoms with E-state index in [1.54, 1.807) is 16.2 Å². The van der Waals surface area contributed by atoms with Gasteiger partial charge < -0.3 is 4.90 Å². The molecule has 1 fully saturated rings. The first kappa shape index (κ1) is 18.1. The molecule has 1 unspecified atom stereocenters. The molecule has 1 amide bonds. The molecule has 25 heavy (non-hydrogen) atoms. The normalized spacial score (nSPS) is 19.0. The number of rotatable bonds is 5. The van der Waals surface area contributed by atoms with Crippen LogP contribution in [0.5, 0.6) is 0 Å². The Labute approximate surface area is 153 Å². The van der Waals surface area contributed by atoms with Gasteiger partial charge in [-0.25, -0.2) is 8.42 Å². The first-order chi connectivity index (χ1) is 11.8. The van der Waals surface area contributed by atoms with Gasteiger partial charge in [-0.15, -0.1) is 11.3 Å². The van der Waals surface area contributed by atoms with E-state index >= 15 is 0 Å². The van der Waals surface area contributed by atoms with E-state index in [1.165, 1.54) is 11.1 Å². The maximum absolute atomic E-state index is 13.0. The van der Waals surface area contributed by atoms with Gasteiger partial charge in [-0.3, -0.25) is 4.79 Å². The predicted octanol–water partition coefficient (Wildman–Crippen LogP) is 3.12. The molecule has 3 rings (SSSR count). The molecule has 6 heteroatoms. The van der Waals surface area contributed by atoms with Crippen LogP contribution in [-0.4, -0.2) is 36.8 Å². The first-order valence-electron chi connectivity index (χ1n) is 8.42. The van der Waals surface area contributed by atoms with Gasteiger partial charge in [-0.05, 0) is 48.4 Å². The molecule has 0 aliphatic carbocycles. The number of benzene rings is 1. The molecule has 134 valence electrons. The van der Waals surface area contributed by atoms with Gasteiger partial charge in [-0.1, -0.05) is 24.3 Å². The van der Waals surface area contributed by atoms with Crippen LogP contribution in [0, 0.1) is 13.8 Å². The van der Waals surface area contributed by atoms with E-state index in [-0.39, 0.29) is 23.5 Å². The van der Waals surface area contributed by atoms with E-state index in [2.05, 4.69) is 0 Å². The Balaban J connectivity index is 1.80. The summed E-state index contributed by atoms with van der Waals surface area (Å²) in [6.45, 7) is 4.57. The van der Waals surface area contributed by atoms with Crippen molar-refractivity contribution in [1.82, 2.24) is 4.90 Å². The molecule has 0 bridgehead atoms. The summed E-state index contributed by atoms with van der Waals surface area (Å²) in [6.07, 6.45) is 0.843. The third-order valence-electron chi connectivity index (χ3n) is 4.80. The SMILES string of the molecule is Cc1ccc(CC(=O)N(Cc2cccs2)C2CCS(=O)(=O)C2)cc1C. The lowest BCUT2D eigenvalue weighted by Gasteiger charge is -2.28. The fourth-order valence-electron chi connectivity index (χ4n) is 3.20. The molecule has 1 aromatic heterocycles. The molecule has 0 saturated carbocycles. The molecule has 1 atom stereocenters. The fraction of sp³-hybridized carbons (Fsp3) is 0.421. The van der Waals surface area contributed by atoms with Crippen LogP contribution in [0.25, 0.3) is 0 Å². The summed E-state index contributed by atoms with van der Waals surface area (Å²) in [7, 11) is -3.03. The predicted molar refractivity (Wildman–Crippen MR) is 102 cm³/mol. The van der Waals surface area contributed by atoms with Crippen molar-refractivity contribution in [3.8, 4) is 0 Å². The molecule has 1 saturated heterocycles. The van der Waals surface area contributed by atoms with E-state index in [1.807, 2.05) is 49.6 Å². The molecule has 2 heterocycles. The number of thiophene rings is 1. The highest BCUT2D eigenvalue weighted by Gasteiger charge is 2.34. The standard InChI is InChI=1S/C19H23NO3S2/c1-14-5-6-16(10-15(14)2)11-19(21)20(12-18-4-3-8-24-18)17-7-9-25(22,23)13-17/h3-6,8,10,17H,7,9,11-13H2,1-2H3.